The summed E-state index contributed by atoms with van der Waals surface area (Å²) in [6.07, 6.45) is 5.51. The number of aromatic nitrogens is 3. The van der Waals surface area contributed by atoms with Crippen LogP contribution in [0.25, 0.3) is 11.1 Å². The average molecular weight is 527 g/mol. The molecule has 0 radical (unpaired) electrons. The van der Waals surface area contributed by atoms with Gasteiger partial charge in [-0.05, 0) is 69.9 Å². The predicted octanol–water partition coefficient (Wildman–Crippen LogP) is 6.21. The summed E-state index contributed by atoms with van der Waals surface area (Å²) in [6, 6.07) is 13.4. The molecule has 4 rings (SSSR count). The molecule has 0 bridgehead atoms. The van der Waals surface area contributed by atoms with Crippen LogP contribution >= 0.6 is 27.5 Å². The van der Waals surface area contributed by atoms with Gasteiger partial charge in [0, 0.05) is 35.8 Å². The maximum Gasteiger partial charge on any atom is 0.262 e. The number of carbonyl (C=O) groups is 1. The molecule has 4 aromatic rings. The van der Waals surface area contributed by atoms with E-state index in [4.69, 9.17) is 16.3 Å². The van der Waals surface area contributed by atoms with Crippen LogP contribution in [-0.4, -0.2) is 27.6 Å². The van der Waals surface area contributed by atoms with Crippen LogP contribution in [-0.2, 0) is 7.05 Å². The first kappa shape index (κ1) is 22.8. The molecule has 7 nitrogen and oxygen atoms in total. The molecule has 0 aliphatic heterocycles. The Labute approximate surface area is 204 Å². The summed E-state index contributed by atoms with van der Waals surface area (Å²) < 4.78 is 8.03. The maximum atomic E-state index is 12.8. The number of ether oxygens (including phenoxy) is 1. The summed E-state index contributed by atoms with van der Waals surface area (Å²) >= 11 is 9.58. The Morgan fingerprint density at radius 1 is 1.21 bits per heavy atom. The Bertz CT molecular complexity index is 1320. The van der Waals surface area contributed by atoms with E-state index in [2.05, 4.69) is 55.7 Å². The van der Waals surface area contributed by atoms with Gasteiger partial charge in [0.1, 0.15) is 5.56 Å². The van der Waals surface area contributed by atoms with Crippen LogP contribution in [0.15, 0.2) is 65.5 Å². The van der Waals surface area contributed by atoms with Crippen molar-refractivity contribution in [3.8, 4) is 17.0 Å². The lowest BCUT2D eigenvalue weighted by atomic mass is 10.0. The Hall–Kier alpha value is -3.36. The Balaban J connectivity index is 1.54. The molecule has 0 fully saturated rings. The van der Waals surface area contributed by atoms with Crippen molar-refractivity contribution >= 4 is 50.8 Å². The number of anilines is 3. The lowest BCUT2D eigenvalue weighted by Gasteiger charge is -2.13. The number of aryl methyl sites for hydroxylation is 2. The molecule has 2 aromatic carbocycles. The third kappa shape index (κ3) is 5.02. The molecule has 33 heavy (non-hydrogen) atoms. The van der Waals surface area contributed by atoms with Gasteiger partial charge in [0.25, 0.3) is 5.91 Å². The van der Waals surface area contributed by atoms with Crippen LogP contribution in [0.4, 0.5) is 17.3 Å². The molecule has 2 N–H and O–H groups in total. The topological polar surface area (TPSA) is 81.1 Å². The number of carbonyl (C=O) groups excluding carboxylic acids is 1. The summed E-state index contributed by atoms with van der Waals surface area (Å²) in [5.74, 6) is 0.0234. The largest absolute Gasteiger partial charge is 0.480 e. The van der Waals surface area contributed by atoms with Gasteiger partial charge in [-0.1, -0.05) is 23.7 Å². The van der Waals surface area contributed by atoms with E-state index in [9.17, 15) is 4.79 Å². The molecule has 2 heterocycles. The average Bonchev–Trinajstić information content (AvgIpc) is 3.22. The second kappa shape index (κ2) is 9.64. The van der Waals surface area contributed by atoms with Crippen molar-refractivity contribution in [2.45, 2.75) is 6.92 Å². The van der Waals surface area contributed by atoms with Crippen LogP contribution in [0, 0.1) is 6.92 Å². The SMILES string of the molecule is COc1nc(Nc2ccc(-c3ccn(C)c3)c(C)c2)ncc1C(=O)Nc1c(Cl)cccc1Br. The lowest BCUT2D eigenvalue weighted by molar-refractivity contribution is 0.102. The van der Waals surface area contributed by atoms with E-state index < -0.39 is 5.91 Å². The van der Waals surface area contributed by atoms with Crippen LogP contribution in [0.1, 0.15) is 15.9 Å². The molecule has 0 aliphatic rings. The number of hydrogen-bond acceptors (Lipinski definition) is 5. The van der Waals surface area contributed by atoms with Crippen LogP contribution in [0.2, 0.25) is 5.02 Å². The number of benzene rings is 2. The molecule has 0 aliphatic carbocycles. The molecule has 2 aromatic heterocycles. The van der Waals surface area contributed by atoms with Gasteiger partial charge in [-0.2, -0.15) is 4.98 Å². The predicted molar refractivity (Wildman–Crippen MR) is 135 cm³/mol. The minimum absolute atomic E-state index is 0.144. The summed E-state index contributed by atoms with van der Waals surface area (Å²) in [6.45, 7) is 2.05. The van der Waals surface area contributed by atoms with Gasteiger partial charge in [-0.15, -0.1) is 0 Å². The van der Waals surface area contributed by atoms with E-state index in [0.717, 1.165) is 22.4 Å². The van der Waals surface area contributed by atoms with Crippen molar-refractivity contribution < 1.29 is 9.53 Å². The number of rotatable bonds is 6. The third-order valence-electron chi connectivity index (χ3n) is 5.02. The lowest BCUT2D eigenvalue weighted by Crippen LogP contribution is -2.15. The first-order valence-corrected chi connectivity index (χ1v) is 11.2. The zero-order chi connectivity index (χ0) is 23.5. The number of methoxy groups -OCH3 is 1. The van der Waals surface area contributed by atoms with Crippen molar-refractivity contribution in [2.75, 3.05) is 17.7 Å². The van der Waals surface area contributed by atoms with Gasteiger partial charge < -0.3 is 19.9 Å². The van der Waals surface area contributed by atoms with E-state index in [1.54, 1.807) is 18.2 Å². The summed E-state index contributed by atoms with van der Waals surface area (Å²) in [4.78, 5) is 21.5. The second-order valence-electron chi connectivity index (χ2n) is 7.39. The van der Waals surface area contributed by atoms with E-state index in [0.29, 0.717) is 21.1 Å². The molecular formula is C24H21BrClN5O2. The van der Waals surface area contributed by atoms with Crippen molar-refractivity contribution in [1.82, 2.24) is 14.5 Å². The van der Waals surface area contributed by atoms with Crippen molar-refractivity contribution in [1.29, 1.82) is 0 Å². The van der Waals surface area contributed by atoms with E-state index in [-0.39, 0.29) is 11.4 Å². The minimum Gasteiger partial charge on any atom is -0.480 e. The highest BCUT2D eigenvalue weighted by atomic mass is 79.9. The highest BCUT2D eigenvalue weighted by molar-refractivity contribution is 9.10. The number of para-hydroxylation sites is 1. The third-order valence-corrected chi connectivity index (χ3v) is 5.99. The second-order valence-corrected chi connectivity index (χ2v) is 8.65. The van der Waals surface area contributed by atoms with Crippen LogP contribution in [0.5, 0.6) is 5.88 Å². The monoisotopic (exact) mass is 525 g/mol. The Morgan fingerprint density at radius 2 is 2.03 bits per heavy atom. The molecule has 0 atom stereocenters. The normalized spacial score (nSPS) is 10.7. The fraction of sp³-hybridized carbons (Fsp3) is 0.125. The molecule has 0 saturated heterocycles. The van der Waals surface area contributed by atoms with Crippen molar-refractivity contribution in [3.05, 3.63) is 81.7 Å². The van der Waals surface area contributed by atoms with E-state index in [1.807, 2.05) is 36.0 Å². The fourth-order valence-corrected chi connectivity index (χ4v) is 4.19. The first-order chi connectivity index (χ1) is 15.9. The van der Waals surface area contributed by atoms with E-state index in [1.165, 1.54) is 13.3 Å². The maximum absolute atomic E-state index is 12.8. The highest BCUT2D eigenvalue weighted by Gasteiger charge is 2.18. The van der Waals surface area contributed by atoms with Crippen molar-refractivity contribution in [3.63, 3.8) is 0 Å². The summed E-state index contributed by atoms with van der Waals surface area (Å²) in [5, 5.41) is 6.35. The van der Waals surface area contributed by atoms with Gasteiger partial charge in [-0.3, -0.25) is 4.79 Å². The number of hydrogen-bond donors (Lipinski definition) is 2. The van der Waals surface area contributed by atoms with E-state index >= 15 is 0 Å². The smallest absolute Gasteiger partial charge is 0.262 e. The Kier molecular flexibility index (Phi) is 6.67. The van der Waals surface area contributed by atoms with Gasteiger partial charge in [0.05, 0.1) is 17.8 Å². The molecule has 0 spiro atoms. The molecule has 168 valence electrons. The van der Waals surface area contributed by atoms with Crippen molar-refractivity contribution in [2.24, 2.45) is 7.05 Å². The molecule has 1 amide bonds. The summed E-state index contributed by atoms with van der Waals surface area (Å²) in [5.41, 5.74) is 4.89. The number of nitrogens with zero attached hydrogens (tertiary/aromatic N) is 3. The molecular weight excluding hydrogens is 506 g/mol. The summed E-state index contributed by atoms with van der Waals surface area (Å²) in [7, 11) is 3.45. The number of nitrogens with one attached hydrogen (secondary N) is 2. The zero-order valence-corrected chi connectivity index (χ0v) is 20.5. The van der Waals surface area contributed by atoms with Gasteiger partial charge >= 0.3 is 0 Å². The molecule has 9 heteroatoms. The van der Waals surface area contributed by atoms with Gasteiger partial charge in [-0.25, -0.2) is 4.98 Å². The first-order valence-electron chi connectivity index (χ1n) is 10.0. The number of amides is 1. The quantitative estimate of drug-likeness (QED) is 0.312. The molecule has 0 saturated carbocycles. The Morgan fingerprint density at radius 3 is 2.70 bits per heavy atom. The molecule has 0 unspecified atom stereocenters. The van der Waals surface area contributed by atoms with Gasteiger partial charge in [0.15, 0.2) is 0 Å². The number of halogens is 2. The standard InChI is InChI=1S/C24H21BrClN5O2/c1-14-11-16(7-8-17(14)15-9-10-31(2)13-15)28-24-27-12-18(23(30-24)33-3)22(32)29-21-19(25)5-4-6-20(21)26/h4-13H,1-3H3,(H,29,32)(H,27,28,30). The minimum atomic E-state index is -0.435. The highest BCUT2D eigenvalue weighted by Crippen LogP contribution is 2.31. The van der Waals surface area contributed by atoms with Crippen LogP contribution in [0.3, 0.4) is 0 Å². The van der Waals surface area contributed by atoms with Gasteiger partial charge in [0.2, 0.25) is 11.8 Å². The fourth-order valence-electron chi connectivity index (χ4n) is 3.39. The van der Waals surface area contributed by atoms with Crippen LogP contribution < -0.4 is 15.4 Å². The zero-order valence-electron chi connectivity index (χ0n) is 18.2.